The third-order valence-corrected chi connectivity index (χ3v) is 5.05. The van der Waals surface area contributed by atoms with Crippen molar-refractivity contribution < 1.29 is 127 Å². The molecule has 0 heterocycles. The Hall–Kier alpha value is 3.34. The van der Waals surface area contributed by atoms with Crippen LogP contribution < -0.4 is 113 Å². The van der Waals surface area contributed by atoms with Gasteiger partial charge in [-0.25, -0.2) is 9.56 Å². The molecule has 0 bridgehead atoms. The monoisotopic (exact) mass is 470 g/mol. The maximum Gasteiger partial charge on any atom is 1.00 e. The van der Waals surface area contributed by atoms with Crippen molar-refractivity contribution in [3.05, 3.63) is 0 Å². The first-order chi connectivity index (χ1) is 12.5. The van der Waals surface area contributed by atoms with E-state index in [1.165, 1.54) is 70.6 Å². The van der Waals surface area contributed by atoms with E-state index in [1.54, 1.807) is 0 Å². The van der Waals surface area contributed by atoms with E-state index in [0.717, 1.165) is 38.5 Å². The molecule has 0 aromatic carbocycles. The van der Waals surface area contributed by atoms with Crippen molar-refractivity contribution in [3.63, 3.8) is 0 Å². The third-order valence-electron chi connectivity index (χ3n) is 4.78. The number of unbranched alkanes of at least 4 members (excludes halogenated alkanes) is 13. The van der Waals surface area contributed by atoms with Gasteiger partial charge in [0.1, 0.15) is 7.82 Å². The first-order valence-electron chi connectivity index (χ1n) is 10.9. The summed E-state index contributed by atoms with van der Waals surface area (Å²) in [6.07, 6.45) is 20.0. The summed E-state index contributed by atoms with van der Waals surface area (Å²) >= 11 is 0. The second-order valence-corrected chi connectivity index (χ2v) is 8.46. The SMILES string of the molecule is CCCCCCCCCCCCCCCC(CCCC)OOP(=O)([O-])[O-].[K+].[K+]. The van der Waals surface area contributed by atoms with Gasteiger partial charge in [-0.1, -0.05) is 110 Å². The van der Waals surface area contributed by atoms with Gasteiger partial charge >= 0.3 is 103 Å². The molecule has 0 aliphatic rings. The summed E-state index contributed by atoms with van der Waals surface area (Å²) in [5.74, 6) is 0. The molecule has 0 amide bonds. The van der Waals surface area contributed by atoms with E-state index in [4.69, 9.17) is 4.89 Å². The second kappa shape index (κ2) is 26.6. The first-order valence-corrected chi connectivity index (χ1v) is 12.3. The Kier molecular flexibility index (Phi) is 34.1. The fourth-order valence-corrected chi connectivity index (χ4v) is 3.40. The molecule has 0 fully saturated rings. The molecule has 0 N–H and O–H groups in total. The molecule has 1 unspecified atom stereocenters. The predicted molar refractivity (Wildman–Crippen MR) is 103 cm³/mol. The molecule has 5 nitrogen and oxygen atoms in total. The Balaban J connectivity index is -0.00000312. The van der Waals surface area contributed by atoms with Crippen LogP contribution in [0.3, 0.4) is 0 Å². The van der Waals surface area contributed by atoms with E-state index in [-0.39, 0.29) is 109 Å². The molecule has 28 heavy (non-hydrogen) atoms. The van der Waals surface area contributed by atoms with Gasteiger partial charge in [-0.15, -0.1) is 0 Å². The van der Waals surface area contributed by atoms with Crippen LogP contribution in [0.4, 0.5) is 0 Å². The minimum atomic E-state index is -5.05. The van der Waals surface area contributed by atoms with Gasteiger partial charge in [-0.2, -0.15) is 0 Å². The predicted octanol–water partition coefficient (Wildman–Crippen LogP) is -0.189. The molecule has 0 radical (unpaired) electrons. The molecule has 0 aliphatic heterocycles. The Morgan fingerprint density at radius 2 is 1.00 bits per heavy atom. The molecule has 0 saturated heterocycles. The first kappa shape index (κ1) is 35.9. The maximum atomic E-state index is 10.5. The van der Waals surface area contributed by atoms with Gasteiger partial charge in [-0.3, -0.25) is 0 Å². The largest absolute Gasteiger partial charge is 1.00 e. The van der Waals surface area contributed by atoms with Gasteiger partial charge in [0.2, 0.25) is 0 Å². The van der Waals surface area contributed by atoms with Crippen LogP contribution in [0.1, 0.15) is 123 Å². The normalized spacial score (nSPS) is 12.3. The van der Waals surface area contributed by atoms with Crippen LogP contribution in [0, 0.1) is 0 Å². The van der Waals surface area contributed by atoms with Gasteiger partial charge in [-0.05, 0) is 12.8 Å². The van der Waals surface area contributed by atoms with Crippen molar-refractivity contribution in [3.8, 4) is 0 Å². The standard InChI is InChI=1S/C20H43O5P.2K/c1-3-5-7-8-9-10-11-12-13-14-15-16-17-19-20(18-6-4-2)24-25-26(21,22)23;;/h20H,3-19H2,1-2H3,(H2,21,22,23);;/q;2*+1/p-2. The molecule has 8 heteroatoms. The Morgan fingerprint density at radius 1 is 0.643 bits per heavy atom. The van der Waals surface area contributed by atoms with Crippen LogP contribution in [0.15, 0.2) is 0 Å². The Bertz CT molecular complexity index is 343. The van der Waals surface area contributed by atoms with Crippen molar-refractivity contribution >= 4 is 7.82 Å². The maximum absolute atomic E-state index is 10.5. The van der Waals surface area contributed by atoms with Crippen LogP contribution in [0.25, 0.3) is 0 Å². The van der Waals surface area contributed by atoms with Crippen molar-refractivity contribution in [2.45, 2.75) is 129 Å². The van der Waals surface area contributed by atoms with Crippen molar-refractivity contribution in [1.29, 1.82) is 0 Å². The van der Waals surface area contributed by atoms with Gasteiger partial charge < -0.3 is 14.4 Å². The van der Waals surface area contributed by atoms with Crippen molar-refractivity contribution in [1.82, 2.24) is 0 Å². The summed E-state index contributed by atoms with van der Waals surface area (Å²) in [6, 6.07) is 0. The fourth-order valence-electron chi connectivity index (χ4n) is 3.18. The number of phosphoric acid groups is 1. The van der Waals surface area contributed by atoms with E-state index < -0.39 is 7.82 Å². The summed E-state index contributed by atoms with van der Waals surface area (Å²) in [5, 5.41) is 0. The minimum Gasteiger partial charge on any atom is -0.788 e. The van der Waals surface area contributed by atoms with Gasteiger partial charge in [0.05, 0.1) is 6.10 Å². The quantitative estimate of drug-likeness (QED) is 0.0810. The average Bonchev–Trinajstić information content (AvgIpc) is 2.59. The van der Waals surface area contributed by atoms with Crippen LogP contribution in [0.5, 0.6) is 0 Å². The Labute approximate surface area is 259 Å². The fraction of sp³-hybridized carbons (Fsp3) is 1.00. The number of rotatable bonds is 20. The summed E-state index contributed by atoms with van der Waals surface area (Å²) in [4.78, 5) is 25.9. The molecule has 158 valence electrons. The summed E-state index contributed by atoms with van der Waals surface area (Å²) < 4.78 is 14.5. The molecule has 0 saturated carbocycles. The molecule has 0 spiro atoms. The van der Waals surface area contributed by atoms with E-state index in [9.17, 15) is 14.4 Å². The molecule has 0 aromatic heterocycles. The topological polar surface area (TPSA) is 81.7 Å². The molecule has 0 aliphatic carbocycles. The van der Waals surface area contributed by atoms with Crippen LogP contribution in [0.2, 0.25) is 0 Å². The molecule has 1 atom stereocenters. The van der Waals surface area contributed by atoms with Crippen LogP contribution >= 0.6 is 7.82 Å². The van der Waals surface area contributed by atoms with Gasteiger partial charge in [0.25, 0.3) is 0 Å². The average molecular weight is 471 g/mol. The second-order valence-electron chi connectivity index (χ2n) is 7.41. The molecular formula is C20H41K2O5P. The zero-order chi connectivity index (χ0) is 19.5. The van der Waals surface area contributed by atoms with Crippen LogP contribution in [-0.2, 0) is 14.1 Å². The van der Waals surface area contributed by atoms with Crippen LogP contribution in [-0.4, -0.2) is 6.10 Å². The van der Waals surface area contributed by atoms with E-state index in [2.05, 4.69) is 18.5 Å². The summed E-state index contributed by atoms with van der Waals surface area (Å²) in [5.41, 5.74) is 0. The molecular weight excluding hydrogens is 429 g/mol. The minimum absolute atomic E-state index is 0. The summed E-state index contributed by atoms with van der Waals surface area (Å²) in [6.45, 7) is 4.32. The van der Waals surface area contributed by atoms with E-state index >= 15 is 0 Å². The smallest absolute Gasteiger partial charge is 0.788 e. The van der Waals surface area contributed by atoms with Gasteiger partial charge in [0, 0.05) is 0 Å². The summed E-state index contributed by atoms with van der Waals surface area (Å²) in [7, 11) is -5.05. The third kappa shape index (κ3) is 29.3. The van der Waals surface area contributed by atoms with E-state index in [0.29, 0.717) is 0 Å². The number of hydrogen-bond acceptors (Lipinski definition) is 5. The van der Waals surface area contributed by atoms with E-state index in [1.807, 2.05) is 0 Å². The Morgan fingerprint density at radius 3 is 1.39 bits per heavy atom. The zero-order valence-electron chi connectivity index (χ0n) is 19.1. The zero-order valence-corrected chi connectivity index (χ0v) is 26.2. The molecule has 0 aromatic rings. The van der Waals surface area contributed by atoms with Crippen molar-refractivity contribution in [2.24, 2.45) is 0 Å². The molecule has 0 rings (SSSR count). The van der Waals surface area contributed by atoms with Crippen molar-refractivity contribution in [2.75, 3.05) is 0 Å². The number of hydrogen-bond donors (Lipinski definition) is 0. The van der Waals surface area contributed by atoms with Gasteiger partial charge in [0.15, 0.2) is 0 Å².